The van der Waals surface area contributed by atoms with Crippen LogP contribution in [-0.2, 0) is 0 Å². The Morgan fingerprint density at radius 1 is 1.47 bits per heavy atom. The molecule has 2 fully saturated rings. The molecule has 92 valence electrons. The van der Waals surface area contributed by atoms with E-state index >= 15 is 0 Å². The van der Waals surface area contributed by atoms with Gasteiger partial charge >= 0.3 is 0 Å². The number of nitrogens with zero attached hydrogens (tertiary/aromatic N) is 2. The van der Waals surface area contributed by atoms with Crippen molar-refractivity contribution in [3.63, 3.8) is 0 Å². The number of carbonyl (C=O) groups is 1. The summed E-state index contributed by atoms with van der Waals surface area (Å²) in [5, 5.41) is 10.5. The van der Waals surface area contributed by atoms with Crippen molar-refractivity contribution in [2.24, 2.45) is 11.8 Å². The van der Waals surface area contributed by atoms with Gasteiger partial charge in [-0.2, -0.15) is 0 Å². The first-order chi connectivity index (χ1) is 8.18. The lowest BCUT2D eigenvalue weighted by molar-refractivity contribution is 0.0949. The number of nitrogens with one attached hydrogen (secondary N) is 2. The molecule has 2 atom stereocenters. The molecule has 2 N–H and O–H groups in total. The van der Waals surface area contributed by atoms with Crippen LogP contribution in [-0.4, -0.2) is 34.6 Å². The average molecular weight is 252 g/mol. The van der Waals surface area contributed by atoms with Gasteiger partial charge in [0.25, 0.3) is 5.91 Å². The van der Waals surface area contributed by atoms with Crippen LogP contribution in [0.15, 0.2) is 0 Å². The maximum atomic E-state index is 12.1. The lowest BCUT2D eigenvalue weighted by Crippen LogP contribution is -2.32. The minimum Gasteiger partial charge on any atom is -0.348 e. The summed E-state index contributed by atoms with van der Waals surface area (Å²) in [5.41, 5.74) is 0.816. The Hall–Kier alpha value is -1.01. The van der Waals surface area contributed by atoms with Crippen LogP contribution in [0.2, 0.25) is 0 Å². The molecule has 0 aromatic carbocycles. The van der Waals surface area contributed by atoms with Gasteiger partial charge in [0.2, 0.25) is 0 Å². The zero-order chi connectivity index (χ0) is 12.0. The Kier molecular flexibility index (Phi) is 2.63. The fraction of sp³-hybridized carbons (Fsp3) is 0.727. The first-order valence-corrected chi connectivity index (χ1v) is 6.79. The van der Waals surface area contributed by atoms with E-state index < -0.39 is 0 Å². The van der Waals surface area contributed by atoms with E-state index in [2.05, 4.69) is 20.2 Å². The lowest BCUT2D eigenvalue weighted by atomic mass is 10.1. The predicted octanol–water partition coefficient (Wildman–Crippen LogP) is 0.609. The Balaban J connectivity index is 1.68. The first-order valence-electron chi connectivity index (χ1n) is 6.02. The van der Waals surface area contributed by atoms with Gasteiger partial charge in [0.1, 0.15) is 4.88 Å². The number of amides is 1. The molecule has 1 aliphatic carbocycles. The number of carbonyl (C=O) groups excluding carboxylic acids is 1. The van der Waals surface area contributed by atoms with Gasteiger partial charge in [-0.1, -0.05) is 18.3 Å². The SMILES string of the molecule is CC(C)c1nnsc1C(=O)NC1C2CNCC21. The summed E-state index contributed by atoms with van der Waals surface area (Å²) in [7, 11) is 0. The fourth-order valence-electron chi connectivity index (χ4n) is 2.58. The molecule has 0 radical (unpaired) electrons. The quantitative estimate of drug-likeness (QED) is 0.827. The van der Waals surface area contributed by atoms with Crippen molar-refractivity contribution < 1.29 is 4.79 Å². The van der Waals surface area contributed by atoms with E-state index in [0.29, 0.717) is 22.8 Å². The molecule has 0 bridgehead atoms. The van der Waals surface area contributed by atoms with Crippen molar-refractivity contribution in [3.05, 3.63) is 10.6 Å². The molecule has 17 heavy (non-hydrogen) atoms. The Morgan fingerprint density at radius 3 is 2.82 bits per heavy atom. The Bertz CT molecular complexity index is 434. The summed E-state index contributed by atoms with van der Waals surface area (Å²) in [6.07, 6.45) is 0. The highest BCUT2D eigenvalue weighted by Gasteiger charge is 2.53. The second-order valence-corrected chi connectivity index (χ2v) is 5.88. The van der Waals surface area contributed by atoms with Crippen LogP contribution < -0.4 is 10.6 Å². The maximum Gasteiger partial charge on any atom is 0.265 e. The Labute approximate surface area is 104 Å². The van der Waals surface area contributed by atoms with E-state index in [0.717, 1.165) is 18.8 Å². The van der Waals surface area contributed by atoms with Crippen LogP contribution in [0.5, 0.6) is 0 Å². The number of rotatable bonds is 3. The molecule has 5 nitrogen and oxygen atoms in total. The van der Waals surface area contributed by atoms with Crippen LogP contribution in [0.4, 0.5) is 0 Å². The standard InChI is InChI=1S/C11H16N4OS/c1-5(2)8-10(17-15-14-8)11(16)13-9-6-3-12-4-7(6)9/h5-7,9,12H,3-4H2,1-2H3,(H,13,16). The lowest BCUT2D eigenvalue weighted by Gasteiger charge is -2.08. The second kappa shape index (κ2) is 4.03. The molecule has 2 aliphatic rings. The van der Waals surface area contributed by atoms with Crippen LogP contribution in [0.25, 0.3) is 0 Å². The zero-order valence-electron chi connectivity index (χ0n) is 9.93. The van der Waals surface area contributed by atoms with E-state index in [-0.39, 0.29) is 11.8 Å². The molecule has 1 aromatic heterocycles. The molecule has 1 amide bonds. The van der Waals surface area contributed by atoms with Gasteiger partial charge in [-0.25, -0.2) is 0 Å². The van der Waals surface area contributed by atoms with E-state index in [1.165, 1.54) is 11.5 Å². The van der Waals surface area contributed by atoms with Gasteiger partial charge in [0.15, 0.2) is 0 Å². The minimum atomic E-state index is 0.00287. The summed E-state index contributed by atoms with van der Waals surface area (Å²) in [4.78, 5) is 12.8. The molecule has 1 aromatic rings. The highest BCUT2D eigenvalue weighted by molar-refractivity contribution is 7.08. The van der Waals surface area contributed by atoms with Crippen LogP contribution in [0.1, 0.15) is 35.1 Å². The largest absolute Gasteiger partial charge is 0.348 e. The molecule has 3 rings (SSSR count). The number of hydrogen-bond acceptors (Lipinski definition) is 5. The number of hydrogen-bond donors (Lipinski definition) is 2. The molecule has 2 unspecified atom stereocenters. The Morgan fingerprint density at radius 2 is 2.18 bits per heavy atom. The smallest absolute Gasteiger partial charge is 0.265 e. The number of piperidine rings is 1. The van der Waals surface area contributed by atoms with Crippen molar-refractivity contribution in [1.82, 2.24) is 20.2 Å². The predicted molar refractivity (Wildman–Crippen MR) is 65.1 cm³/mol. The van der Waals surface area contributed by atoms with Gasteiger partial charge in [0, 0.05) is 19.1 Å². The molecule has 0 spiro atoms. The average Bonchev–Trinajstić information content (AvgIpc) is 2.82. The third kappa shape index (κ3) is 1.85. The van der Waals surface area contributed by atoms with Gasteiger partial charge in [-0.05, 0) is 29.3 Å². The molecule has 1 aliphatic heterocycles. The third-order valence-corrected chi connectivity index (χ3v) is 4.40. The van der Waals surface area contributed by atoms with Crippen molar-refractivity contribution in [1.29, 1.82) is 0 Å². The molecule has 1 saturated carbocycles. The summed E-state index contributed by atoms with van der Waals surface area (Å²) < 4.78 is 3.88. The topological polar surface area (TPSA) is 66.9 Å². The van der Waals surface area contributed by atoms with Gasteiger partial charge in [0.05, 0.1) is 5.69 Å². The van der Waals surface area contributed by atoms with Crippen LogP contribution >= 0.6 is 11.5 Å². The van der Waals surface area contributed by atoms with E-state index in [9.17, 15) is 4.79 Å². The summed E-state index contributed by atoms with van der Waals surface area (Å²) >= 11 is 1.20. The number of aromatic nitrogens is 2. The van der Waals surface area contributed by atoms with E-state index in [4.69, 9.17) is 0 Å². The van der Waals surface area contributed by atoms with Crippen molar-refractivity contribution in [3.8, 4) is 0 Å². The highest BCUT2D eigenvalue weighted by atomic mass is 32.1. The minimum absolute atomic E-state index is 0.00287. The number of fused-ring (bicyclic) bond motifs is 1. The van der Waals surface area contributed by atoms with Gasteiger partial charge in [-0.3, -0.25) is 4.79 Å². The fourth-order valence-corrected chi connectivity index (χ4v) is 3.30. The third-order valence-electron chi connectivity index (χ3n) is 3.66. The molecule has 1 saturated heterocycles. The van der Waals surface area contributed by atoms with Gasteiger partial charge in [-0.15, -0.1) is 5.10 Å². The normalized spacial score (nSPS) is 30.4. The second-order valence-electron chi connectivity index (χ2n) is 5.13. The molecule has 2 heterocycles. The molecule has 6 heteroatoms. The summed E-state index contributed by atoms with van der Waals surface area (Å²) in [6.45, 7) is 6.13. The van der Waals surface area contributed by atoms with Gasteiger partial charge < -0.3 is 10.6 Å². The highest BCUT2D eigenvalue weighted by Crippen LogP contribution is 2.41. The monoisotopic (exact) mass is 252 g/mol. The van der Waals surface area contributed by atoms with Crippen LogP contribution in [0.3, 0.4) is 0 Å². The zero-order valence-corrected chi connectivity index (χ0v) is 10.8. The van der Waals surface area contributed by atoms with Crippen molar-refractivity contribution in [2.75, 3.05) is 13.1 Å². The molecular weight excluding hydrogens is 236 g/mol. The maximum absolute atomic E-state index is 12.1. The molecular formula is C11H16N4OS. The first kappa shape index (κ1) is 11.1. The summed E-state index contributed by atoms with van der Waals surface area (Å²) in [5.74, 6) is 1.53. The van der Waals surface area contributed by atoms with E-state index in [1.807, 2.05) is 13.8 Å². The van der Waals surface area contributed by atoms with Crippen molar-refractivity contribution >= 4 is 17.4 Å². The van der Waals surface area contributed by atoms with Crippen LogP contribution in [0, 0.1) is 11.8 Å². The van der Waals surface area contributed by atoms with E-state index in [1.54, 1.807) is 0 Å². The van der Waals surface area contributed by atoms with Crippen molar-refractivity contribution in [2.45, 2.75) is 25.8 Å². The summed E-state index contributed by atoms with van der Waals surface area (Å²) in [6, 6.07) is 0.367.